The van der Waals surface area contributed by atoms with Gasteiger partial charge in [-0.1, -0.05) is 11.6 Å². The topological polar surface area (TPSA) is 38.8 Å². The van der Waals surface area contributed by atoms with Gasteiger partial charge in [-0.05, 0) is 57.9 Å². The van der Waals surface area contributed by atoms with Crippen LogP contribution in [-0.4, -0.2) is 42.2 Å². The Hall–Kier alpha value is -1.26. The Labute approximate surface area is 137 Å². The van der Waals surface area contributed by atoms with E-state index in [1.165, 1.54) is 0 Å². The zero-order chi connectivity index (χ0) is 16.4. The fourth-order valence-corrected chi connectivity index (χ4v) is 2.95. The van der Waals surface area contributed by atoms with Crippen molar-refractivity contribution in [1.82, 2.24) is 4.90 Å². The van der Waals surface area contributed by atoms with Crippen LogP contribution in [0.4, 0.5) is 0 Å². The van der Waals surface area contributed by atoms with Gasteiger partial charge in [0, 0.05) is 18.1 Å². The molecule has 1 aliphatic rings. The molecule has 3 atom stereocenters. The first-order valence-corrected chi connectivity index (χ1v) is 8.03. The molecule has 0 spiro atoms. The number of halogens is 1. The maximum Gasteiger partial charge on any atom is 0.263 e. The number of nitrogens with zero attached hydrogens (tertiary/aromatic N) is 1. The molecule has 122 valence electrons. The number of amides is 1. The Morgan fingerprint density at radius 2 is 1.77 bits per heavy atom. The summed E-state index contributed by atoms with van der Waals surface area (Å²) in [4.78, 5) is 14.4. The number of morpholine rings is 1. The van der Waals surface area contributed by atoms with E-state index in [0.717, 1.165) is 16.1 Å². The monoisotopic (exact) mass is 325 g/mol. The van der Waals surface area contributed by atoms with Gasteiger partial charge in [0.2, 0.25) is 0 Å². The molecule has 1 aromatic rings. The molecule has 22 heavy (non-hydrogen) atoms. The van der Waals surface area contributed by atoms with Crippen LogP contribution in [0.2, 0.25) is 5.02 Å². The zero-order valence-electron chi connectivity index (χ0n) is 13.9. The van der Waals surface area contributed by atoms with Gasteiger partial charge in [0.15, 0.2) is 6.10 Å². The highest BCUT2D eigenvalue weighted by molar-refractivity contribution is 6.32. The predicted octanol–water partition coefficient (Wildman–Crippen LogP) is 3.36. The molecule has 1 fully saturated rings. The number of aryl methyl sites for hydroxylation is 2. The van der Waals surface area contributed by atoms with Crippen LogP contribution in [0.1, 0.15) is 31.9 Å². The van der Waals surface area contributed by atoms with E-state index in [9.17, 15) is 4.79 Å². The van der Waals surface area contributed by atoms with E-state index in [1.807, 2.05) is 44.7 Å². The van der Waals surface area contributed by atoms with Crippen LogP contribution in [0.5, 0.6) is 5.75 Å². The number of rotatable bonds is 3. The van der Waals surface area contributed by atoms with Gasteiger partial charge in [-0.25, -0.2) is 0 Å². The summed E-state index contributed by atoms with van der Waals surface area (Å²) >= 11 is 6.16. The molecule has 4 nitrogen and oxygen atoms in total. The van der Waals surface area contributed by atoms with Crippen molar-refractivity contribution in [2.24, 2.45) is 0 Å². The molecule has 2 rings (SSSR count). The Morgan fingerprint density at radius 1 is 1.27 bits per heavy atom. The average molecular weight is 326 g/mol. The minimum absolute atomic E-state index is 0.00717. The summed E-state index contributed by atoms with van der Waals surface area (Å²) < 4.78 is 11.5. The Kier molecular flexibility index (Phi) is 5.35. The van der Waals surface area contributed by atoms with E-state index in [4.69, 9.17) is 21.1 Å². The molecule has 0 saturated carbocycles. The summed E-state index contributed by atoms with van der Waals surface area (Å²) in [7, 11) is 0. The van der Waals surface area contributed by atoms with Crippen LogP contribution in [-0.2, 0) is 9.53 Å². The van der Waals surface area contributed by atoms with E-state index in [1.54, 1.807) is 6.92 Å². The third kappa shape index (κ3) is 3.93. The molecule has 1 heterocycles. The van der Waals surface area contributed by atoms with Crippen molar-refractivity contribution in [1.29, 1.82) is 0 Å². The highest BCUT2D eigenvalue weighted by Crippen LogP contribution is 2.26. The van der Waals surface area contributed by atoms with Crippen LogP contribution in [0.25, 0.3) is 0 Å². The number of hydrogen-bond donors (Lipinski definition) is 0. The molecule has 0 radical (unpaired) electrons. The normalized spacial score (nSPS) is 23.3. The molecule has 1 amide bonds. The standard InChI is InChI=1S/C17H24ClNO3/c1-10-6-15(7-11(2)16(10)18)22-14(5)17(20)19-8-12(3)21-13(4)9-19/h6-7,12-14H,8-9H2,1-5H3/t12-,13-,14+/m1/s1. The van der Waals surface area contributed by atoms with Gasteiger partial charge in [0.25, 0.3) is 5.91 Å². The fraction of sp³-hybridized carbons (Fsp3) is 0.588. The number of hydrogen-bond acceptors (Lipinski definition) is 3. The van der Waals surface area contributed by atoms with E-state index in [0.29, 0.717) is 18.8 Å². The van der Waals surface area contributed by atoms with Crippen molar-refractivity contribution in [3.63, 3.8) is 0 Å². The van der Waals surface area contributed by atoms with Crippen LogP contribution >= 0.6 is 11.6 Å². The first-order chi connectivity index (χ1) is 10.3. The minimum Gasteiger partial charge on any atom is -0.481 e. The second kappa shape index (κ2) is 6.88. The Bertz CT molecular complexity index is 528. The third-order valence-electron chi connectivity index (χ3n) is 3.80. The fourth-order valence-electron chi connectivity index (χ4n) is 2.84. The maximum atomic E-state index is 12.5. The highest BCUT2D eigenvalue weighted by atomic mass is 35.5. The summed E-state index contributed by atoms with van der Waals surface area (Å²) in [6.45, 7) is 10.8. The van der Waals surface area contributed by atoms with Crippen LogP contribution in [0, 0.1) is 13.8 Å². The summed E-state index contributed by atoms with van der Waals surface area (Å²) in [5, 5.41) is 0.738. The smallest absolute Gasteiger partial charge is 0.263 e. The van der Waals surface area contributed by atoms with E-state index >= 15 is 0 Å². The molecule has 0 bridgehead atoms. The highest BCUT2D eigenvalue weighted by Gasteiger charge is 2.29. The first kappa shape index (κ1) is 17.1. The maximum absolute atomic E-state index is 12.5. The first-order valence-electron chi connectivity index (χ1n) is 7.65. The largest absolute Gasteiger partial charge is 0.481 e. The second-order valence-electron chi connectivity index (χ2n) is 6.13. The van der Waals surface area contributed by atoms with Gasteiger partial charge < -0.3 is 14.4 Å². The van der Waals surface area contributed by atoms with Gasteiger partial charge >= 0.3 is 0 Å². The van der Waals surface area contributed by atoms with E-state index < -0.39 is 6.10 Å². The van der Waals surface area contributed by atoms with Crippen LogP contribution in [0.15, 0.2) is 12.1 Å². The second-order valence-corrected chi connectivity index (χ2v) is 6.51. The number of ether oxygens (including phenoxy) is 2. The van der Waals surface area contributed by atoms with Crippen molar-refractivity contribution in [2.45, 2.75) is 52.9 Å². The number of carbonyl (C=O) groups excluding carboxylic acids is 1. The lowest BCUT2D eigenvalue weighted by molar-refractivity contribution is -0.149. The summed E-state index contributed by atoms with van der Waals surface area (Å²) in [6, 6.07) is 3.73. The van der Waals surface area contributed by atoms with Gasteiger partial charge in [-0.2, -0.15) is 0 Å². The van der Waals surface area contributed by atoms with Gasteiger partial charge in [-0.3, -0.25) is 4.79 Å². The molecule has 1 aromatic carbocycles. The predicted molar refractivity (Wildman–Crippen MR) is 87.6 cm³/mol. The van der Waals surface area contributed by atoms with E-state index in [-0.39, 0.29) is 18.1 Å². The van der Waals surface area contributed by atoms with Crippen molar-refractivity contribution < 1.29 is 14.3 Å². The van der Waals surface area contributed by atoms with Crippen molar-refractivity contribution in [3.8, 4) is 5.75 Å². The molecular weight excluding hydrogens is 302 g/mol. The SMILES string of the molecule is Cc1cc(O[C@@H](C)C(=O)N2C[C@@H](C)O[C@H](C)C2)cc(C)c1Cl. The minimum atomic E-state index is -0.530. The lowest BCUT2D eigenvalue weighted by atomic mass is 10.1. The third-order valence-corrected chi connectivity index (χ3v) is 4.40. The summed E-state index contributed by atoms with van der Waals surface area (Å²) in [5.74, 6) is 0.668. The van der Waals surface area contributed by atoms with Crippen LogP contribution < -0.4 is 4.74 Å². The Balaban J connectivity index is 2.05. The van der Waals surface area contributed by atoms with Crippen molar-refractivity contribution in [2.75, 3.05) is 13.1 Å². The molecule has 0 aliphatic carbocycles. The lowest BCUT2D eigenvalue weighted by Gasteiger charge is -2.36. The number of carbonyl (C=O) groups is 1. The molecule has 5 heteroatoms. The lowest BCUT2D eigenvalue weighted by Crippen LogP contribution is -2.51. The molecule has 0 unspecified atom stereocenters. The quantitative estimate of drug-likeness (QED) is 0.855. The molecule has 0 N–H and O–H groups in total. The van der Waals surface area contributed by atoms with Gasteiger partial charge in [0.1, 0.15) is 5.75 Å². The van der Waals surface area contributed by atoms with Crippen LogP contribution in [0.3, 0.4) is 0 Å². The average Bonchev–Trinajstić information content (AvgIpc) is 2.42. The molecule has 1 saturated heterocycles. The van der Waals surface area contributed by atoms with Crippen molar-refractivity contribution in [3.05, 3.63) is 28.3 Å². The van der Waals surface area contributed by atoms with Gasteiger partial charge in [-0.15, -0.1) is 0 Å². The van der Waals surface area contributed by atoms with Crippen molar-refractivity contribution >= 4 is 17.5 Å². The zero-order valence-corrected chi connectivity index (χ0v) is 14.6. The molecular formula is C17H24ClNO3. The molecule has 0 aromatic heterocycles. The summed E-state index contributed by atoms with van der Waals surface area (Å²) in [6.07, 6.45) is -0.419. The number of benzene rings is 1. The van der Waals surface area contributed by atoms with E-state index in [2.05, 4.69) is 0 Å². The molecule has 1 aliphatic heterocycles. The summed E-state index contributed by atoms with van der Waals surface area (Å²) in [5.41, 5.74) is 1.90. The van der Waals surface area contributed by atoms with Gasteiger partial charge in [0.05, 0.1) is 12.2 Å². The Morgan fingerprint density at radius 3 is 2.27 bits per heavy atom.